The standard InChI is InChI=1S/C26H25N3O5/c1-17-9-11-20(22(30)13-17)16-27-29-26(32)21(28-25(31)19-7-5-4-6-8-19)14-18-10-12-23(33-2)24(15-18)34-3/h4-16,30H,1-3H3,(H,28,31)(H,29,32). The summed E-state index contributed by atoms with van der Waals surface area (Å²) in [6, 6.07) is 18.7. The van der Waals surface area contributed by atoms with E-state index in [0.29, 0.717) is 28.2 Å². The highest BCUT2D eigenvalue weighted by atomic mass is 16.5. The maximum Gasteiger partial charge on any atom is 0.287 e. The molecule has 0 aliphatic carbocycles. The first-order chi connectivity index (χ1) is 16.4. The molecule has 0 aliphatic heterocycles. The molecule has 0 bridgehead atoms. The number of aromatic hydroxyl groups is 1. The zero-order valence-corrected chi connectivity index (χ0v) is 19.0. The van der Waals surface area contributed by atoms with E-state index in [9.17, 15) is 14.7 Å². The van der Waals surface area contributed by atoms with Crippen LogP contribution >= 0.6 is 0 Å². The lowest BCUT2D eigenvalue weighted by molar-refractivity contribution is -0.117. The van der Waals surface area contributed by atoms with Gasteiger partial charge in [-0.15, -0.1) is 0 Å². The summed E-state index contributed by atoms with van der Waals surface area (Å²) in [5, 5.41) is 16.5. The van der Waals surface area contributed by atoms with E-state index in [4.69, 9.17) is 9.47 Å². The number of carbonyl (C=O) groups excluding carboxylic acids is 2. The highest BCUT2D eigenvalue weighted by Gasteiger charge is 2.15. The minimum Gasteiger partial charge on any atom is -0.507 e. The fraction of sp³-hybridized carbons (Fsp3) is 0.115. The average Bonchev–Trinajstić information content (AvgIpc) is 2.85. The summed E-state index contributed by atoms with van der Waals surface area (Å²) in [4.78, 5) is 25.6. The Kier molecular flexibility index (Phi) is 8.02. The lowest BCUT2D eigenvalue weighted by Gasteiger charge is -2.11. The maximum absolute atomic E-state index is 12.9. The number of hydrazone groups is 1. The van der Waals surface area contributed by atoms with E-state index >= 15 is 0 Å². The van der Waals surface area contributed by atoms with E-state index in [1.165, 1.54) is 26.5 Å². The Hall–Kier alpha value is -4.59. The van der Waals surface area contributed by atoms with Crippen molar-refractivity contribution < 1.29 is 24.2 Å². The largest absolute Gasteiger partial charge is 0.507 e. The van der Waals surface area contributed by atoms with Gasteiger partial charge in [-0.1, -0.05) is 30.3 Å². The summed E-state index contributed by atoms with van der Waals surface area (Å²) in [5.74, 6) is -0.0687. The van der Waals surface area contributed by atoms with Crippen molar-refractivity contribution in [1.82, 2.24) is 10.7 Å². The van der Waals surface area contributed by atoms with Gasteiger partial charge >= 0.3 is 0 Å². The molecule has 3 aromatic rings. The zero-order valence-electron chi connectivity index (χ0n) is 19.0. The molecule has 3 N–H and O–H groups in total. The molecular formula is C26H25N3O5. The van der Waals surface area contributed by atoms with Gasteiger partial charge in [0.1, 0.15) is 11.4 Å². The molecule has 174 valence electrons. The molecule has 3 rings (SSSR count). The fourth-order valence-corrected chi connectivity index (χ4v) is 3.04. The highest BCUT2D eigenvalue weighted by Crippen LogP contribution is 2.28. The number of benzene rings is 3. The number of hydrogen-bond acceptors (Lipinski definition) is 6. The van der Waals surface area contributed by atoms with E-state index in [-0.39, 0.29) is 11.4 Å². The number of phenolic OH excluding ortho intramolecular Hbond substituents is 1. The summed E-state index contributed by atoms with van der Waals surface area (Å²) in [7, 11) is 3.03. The van der Waals surface area contributed by atoms with Crippen LogP contribution in [-0.4, -0.2) is 37.4 Å². The van der Waals surface area contributed by atoms with E-state index < -0.39 is 11.8 Å². The van der Waals surface area contributed by atoms with Crippen molar-refractivity contribution in [2.24, 2.45) is 5.10 Å². The molecular weight excluding hydrogens is 434 g/mol. The smallest absolute Gasteiger partial charge is 0.287 e. The normalized spacial score (nSPS) is 11.2. The maximum atomic E-state index is 12.9. The van der Waals surface area contributed by atoms with E-state index in [2.05, 4.69) is 15.8 Å². The van der Waals surface area contributed by atoms with Gasteiger partial charge in [0.05, 0.1) is 20.4 Å². The van der Waals surface area contributed by atoms with Gasteiger partial charge in [-0.05, 0) is 60.5 Å². The number of amides is 2. The third kappa shape index (κ3) is 6.23. The first-order valence-electron chi connectivity index (χ1n) is 10.3. The lowest BCUT2D eigenvalue weighted by Crippen LogP contribution is -2.32. The number of hydrogen-bond donors (Lipinski definition) is 3. The molecule has 0 unspecified atom stereocenters. The number of rotatable bonds is 8. The SMILES string of the molecule is COc1ccc(C=C(NC(=O)c2ccccc2)C(=O)NN=Cc2ccc(C)cc2O)cc1OC. The third-order valence-electron chi connectivity index (χ3n) is 4.80. The Morgan fingerprint density at radius 2 is 1.68 bits per heavy atom. The second-order valence-electron chi connectivity index (χ2n) is 7.25. The van der Waals surface area contributed by atoms with Crippen LogP contribution in [0, 0.1) is 6.92 Å². The fourth-order valence-electron chi connectivity index (χ4n) is 3.04. The van der Waals surface area contributed by atoms with Gasteiger partial charge in [0.25, 0.3) is 11.8 Å². The predicted octanol–water partition coefficient (Wildman–Crippen LogP) is 3.64. The summed E-state index contributed by atoms with van der Waals surface area (Å²) in [6.07, 6.45) is 2.82. The minimum atomic E-state index is -0.651. The van der Waals surface area contributed by atoms with Crippen molar-refractivity contribution in [2.45, 2.75) is 6.92 Å². The Morgan fingerprint density at radius 3 is 2.35 bits per heavy atom. The lowest BCUT2D eigenvalue weighted by atomic mass is 10.1. The van der Waals surface area contributed by atoms with E-state index in [1.807, 2.05) is 13.0 Å². The molecule has 3 aromatic carbocycles. The van der Waals surface area contributed by atoms with Gasteiger partial charge in [-0.3, -0.25) is 9.59 Å². The van der Waals surface area contributed by atoms with Crippen LogP contribution in [0.4, 0.5) is 0 Å². The molecule has 0 radical (unpaired) electrons. The molecule has 0 saturated carbocycles. The van der Waals surface area contributed by atoms with Gasteiger partial charge < -0.3 is 19.9 Å². The topological polar surface area (TPSA) is 109 Å². The molecule has 8 nitrogen and oxygen atoms in total. The molecule has 0 atom stereocenters. The number of carbonyl (C=O) groups is 2. The predicted molar refractivity (Wildman–Crippen MR) is 130 cm³/mol. The molecule has 0 fully saturated rings. The van der Waals surface area contributed by atoms with Gasteiger partial charge in [-0.2, -0.15) is 5.10 Å². The van der Waals surface area contributed by atoms with Crippen LogP contribution in [0.2, 0.25) is 0 Å². The molecule has 0 heterocycles. The second-order valence-corrected chi connectivity index (χ2v) is 7.25. The van der Waals surface area contributed by atoms with Crippen LogP contribution in [0.15, 0.2) is 77.5 Å². The summed E-state index contributed by atoms with van der Waals surface area (Å²) < 4.78 is 10.6. The number of nitrogens with zero attached hydrogens (tertiary/aromatic N) is 1. The van der Waals surface area contributed by atoms with Crippen LogP contribution in [-0.2, 0) is 4.79 Å². The molecule has 0 saturated heterocycles. The molecule has 0 spiro atoms. The van der Waals surface area contributed by atoms with Crippen molar-refractivity contribution in [1.29, 1.82) is 0 Å². The Balaban J connectivity index is 1.87. The van der Waals surface area contributed by atoms with Crippen molar-refractivity contribution in [3.05, 3.63) is 94.7 Å². The average molecular weight is 460 g/mol. The Labute approximate surface area is 197 Å². The molecule has 0 aliphatic rings. The van der Waals surface area contributed by atoms with Crippen LogP contribution in [0.5, 0.6) is 17.2 Å². The van der Waals surface area contributed by atoms with Gasteiger partial charge in [0.15, 0.2) is 11.5 Å². The van der Waals surface area contributed by atoms with E-state index in [0.717, 1.165) is 5.56 Å². The molecule has 34 heavy (non-hydrogen) atoms. The van der Waals surface area contributed by atoms with Crippen molar-refractivity contribution in [2.75, 3.05) is 14.2 Å². The molecule has 0 aromatic heterocycles. The first kappa shape index (κ1) is 24.1. The number of phenols is 1. The van der Waals surface area contributed by atoms with Gasteiger partial charge in [0, 0.05) is 11.1 Å². The first-order valence-corrected chi connectivity index (χ1v) is 10.3. The minimum absolute atomic E-state index is 0.0358. The van der Waals surface area contributed by atoms with Crippen LogP contribution in [0.3, 0.4) is 0 Å². The third-order valence-corrected chi connectivity index (χ3v) is 4.80. The number of nitrogens with one attached hydrogen (secondary N) is 2. The van der Waals surface area contributed by atoms with Gasteiger partial charge in [0.2, 0.25) is 0 Å². The van der Waals surface area contributed by atoms with Crippen molar-refractivity contribution >= 4 is 24.1 Å². The number of methoxy groups -OCH3 is 2. The van der Waals surface area contributed by atoms with Crippen LogP contribution < -0.4 is 20.2 Å². The monoisotopic (exact) mass is 459 g/mol. The van der Waals surface area contributed by atoms with Crippen LogP contribution in [0.1, 0.15) is 27.0 Å². The number of ether oxygens (including phenoxy) is 2. The Bertz CT molecular complexity index is 1240. The highest BCUT2D eigenvalue weighted by molar-refractivity contribution is 6.05. The molecule has 2 amide bonds. The Morgan fingerprint density at radius 1 is 0.941 bits per heavy atom. The second kappa shape index (κ2) is 11.3. The quantitative estimate of drug-likeness (QED) is 0.271. The summed E-state index contributed by atoms with van der Waals surface area (Å²) in [5.41, 5.74) is 4.66. The van der Waals surface area contributed by atoms with E-state index in [1.54, 1.807) is 60.7 Å². The summed E-state index contributed by atoms with van der Waals surface area (Å²) in [6.45, 7) is 1.85. The van der Waals surface area contributed by atoms with Gasteiger partial charge in [-0.25, -0.2) is 5.43 Å². The van der Waals surface area contributed by atoms with Crippen LogP contribution in [0.25, 0.3) is 6.08 Å². The summed E-state index contributed by atoms with van der Waals surface area (Å²) >= 11 is 0. The van der Waals surface area contributed by atoms with Crippen molar-refractivity contribution in [3.8, 4) is 17.2 Å². The zero-order chi connectivity index (χ0) is 24.5. The molecule has 8 heteroatoms. The number of aryl methyl sites for hydroxylation is 1. The van der Waals surface area contributed by atoms with Crippen molar-refractivity contribution in [3.63, 3.8) is 0 Å².